The molecule has 0 aliphatic heterocycles. The minimum absolute atomic E-state index is 0.00423. The van der Waals surface area contributed by atoms with Crippen molar-refractivity contribution in [3.8, 4) is 11.5 Å². The molecule has 9 heteroatoms. The summed E-state index contributed by atoms with van der Waals surface area (Å²) in [5.74, 6) is 1.20. The predicted molar refractivity (Wildman–Crippen MR) is 135 cm³/mol. The van der Waals surface area contributed by atoms with Crippen LogP contribution in [0.25, 0.3) is 10.1 Å². The van der Waals surface area contributed by atoms with Crippen LogP contribution in [-0.4, -0.2) is 25.6 Å². The zero-order valence-corrected chi connectivity index (χ0v) is 19.2. The number of carbonyl (C=O) groups is 1. The number of ether oxygens (including phenoxy) is 3. The van der Waals surface area contributed by atoms with Gasteiger partial charge in [0.1, 0.15) is 23.9 Å². The van der Waals surface area contributed by atoms with Gasteiger partial charge in [-0.25, -0.2) is 4.79 Å². The highest BCUT2D eigenvalue weighted by molar-refractivity contribution is 7.20. The highest BCUT2D eigenvalue weighted by Gasteiger charge is 2.19. The van der Waals surface area contributed by atoms with E-state index in [-0.39, 0.29) is 12.4 Å². The lowest BCUT2D eigenvalue weighted by Gasteiger charge is -2.20. The zero-order valence-electron chi connectivity index (χ0n) is 18.4. The first kappa shape index (κ1) is 22.9. The van der Waals surface area contributed by atoms with Crippen LogP contribution in [0, 0.1) is 5.41 Å². The average Bonchev–Trinajstić information content (AvgIpc) is 3.29. The van der Waals surface area contributed by atoms with Crippen LogP contribution in [0.15, 0.2) is 72.8 Å². The summed E-state index contributed by atoms with van der Waals surface area (Å²) in [6, 6.07) is 21.9. The molecule has 174 valence electrons. The lowest BCUT2D eigenvalue weighted by molar-refractivity contribution is 0.0910. The highest BCUT2D eigenvalue weighted by Crippen LogP contribution is 2.35. The van der Waals surface area contributed by atoms with E-state index < -0.39 is 12.2 Å². The second-order valence-corrected chi connectivity index (χ2v) is 8.47. The molecule has 0 bridgehead atoms. The number of amidine groups is 1. The fourth-order valence-electron chi connectivity index (χ4n) is 3.37. The maximum absolute atomic E-state index is 12.5. The third-order valence-corrected chi connectivity index (χ3v) is 6.22. The molecular weight excluding hydrogens is 452 g/mol. The fraction of sp³-hybridized carbons (Fsp3) is 0.120. The molecule has 6 N–H and O–H groups in total. The number of rotatable bonds is 8. The van der Waals surface area contributed by atoms with Crippen molar-refractivity contribution in [2.24, 2.45) is 5.73 Å². The summed E-state index contributed by atoms with van der Waals surface area (Å²) in [5, 5.41) is 11.2. The number of nitrogens with one attached hydrogen (secondary N) is 2. The van der Waals surface area contributed by atoms with E-state index in [1.54, 1.807) is 18.2 Å². The first-order valence-corrected chi connectivity index (χ1v) is 11.2. The number of nitrogens with two attached hydrogens (primary N) is 2. The van der Waals surface area contributed by atoms with Gasteiger partial charge in [0.25, 0.3) is 0 Å². The molecule has 0 saturated carbocycles. The normalized spacial score (nSPS) is 11.6. The predicted octanol–water partition coefficient (Wildman–Crippen LogP) is 5.14. The largest absolute Gasteiger partial charge is 0.497 e. The molecule has 34 heavy (non-hydrogen) atoms. The van der Waals surface area contributed by atoms with Crippen molar-refractivity contribution in [3.05, 3.63) is 83.2 Å². The number of methoxy groups -OCH3 is 1. The van der Waals surface area contributed by atoms with Crippen molar-refractivity contribution in [3.63, 3.8) is 0 Å². The average molecular weight is 477 g/mol. The summed E-state index contributed by atoms with van der Waals surface area (Å²) in [7, 11) is 1.54. The molecule has 0 aliphatic rings. The molecule has 1 amide bonds. The van der Waals surface area contributed by atoms with Crippen molar-refractivity contribution in [1.29, 1.82) is 5.41 Å². The van der Waals surface area contributed by atoms with E-state index in [1.807, 2.05) is 54.6 Å². The van der Waals surface area contributed by atoms with Crippen LogP contribution in [0.5, 0.6) is 11.5 Å². The smallest absolute Gasteiger partial charge is 0.411 e. The van der Waals surface area contributed by atoms with E-state index in [0.29, 0.717) is 27.8 Å². The zero-order chi connectivity index (χ0) is 24.1. The van der Waals surface area contributed by atoms with Crippen LogP contribution < -0.4 is 26.3 Å². The van der Waals surface area contributed by atoms with E-state index in [1.165, 1.54) is 18.4 Å². The Morgan fingerprint density at radius 3 is 2.59 bits per heavy atom. The van der Waals surface area contributed by atoms with Crippen LogP contribution in [0.4, 0.5) is 16.2 Å². The van der Waals surface area contributed by atoms with E-state index in [9.17, 15) is 4.79 Å². The molecule has 1 heterocycles. The SMILES string of the molecule is COc1ccc(NC(=O)OCC(Oc2cccc3sc(C(=N)N)cc23)c2ccccc2)c(N)c1. The fourth-order valence-corrected chi connectivity index (χ4v) is 4.31. The molecule has 1 unspecified atom stereocenters. The van der Waals surface area contributed by atoms with Crippen molar-refractivity contribution >= 4 is 44.7 Å². The highest BCUT2D eigenvalue weighted by atomic mass is 32.1. The van der Waals surface area contributed by atoms with Gasteiger partial charge in [-0.05, 0) is 35.9 Å². The van der Waals surface area contributed by atoms with Gasteiger partial charge in [-0.2, -0.15) is 0 Å². The Kier molecular flexibility index (Phi) is 6.84. The molecular formula is C25H24N4O4S. The van der Waals surface area contributed by atoms with Crippen molar-refractivity contribution in [2.75, 3.05) is 24.8 Å². The standard InChI is InChI=1S/C25H24N4O4S/c1-31-16-10-11-19(18(26)12-16)29-25(30)32-14-21(15-6-3-2-4-7-15)33-20-8-5-9-22-17(20)13-23(34-22)24(27)28/h2-13,21H,14,26H2,1H3,(H3,27,28)(H,29,30). The third kappa shape index (κ3) is 5.21. The number of nitrogen functional groups attached to an aromatic ring is 2. The summed E-state index contributed by atoms with van der Waals surface area (Å²) >= 11 is 1.42. The van der Waals surface area contributed by atoms with Gasteiger partial charge in [0, 0.05) is 16.2 Å². The van der Waals surface area contributed by atoms with Gasteiger partial charge in [-0.3, -0.25) is 10.7 Å². The van der Waals surface area contributed by atoms with Crippen LogP contribution >= 0.6 is 11.3 Å². The summed E-state index contributed by atoms with van der Waals surface area (Å²) in [4.78, 5) is 13.1. The first-order valence-electron chi connectivity index (χ1n) is 10.4. The van der Waals surface area contributed by atoms with Crippen molar-refractivity contribution in [2.45, 2.75) is 6.10 Å². The minimum atomic E-state index is -0.658. The Labute approximate surface area is 200 Å². The maximum Gasteiger partial charge on any atom is 0.411 e. The van der Waals surface area contributed by atoms with Crippen molar-refractivity contribution < 1.29 is 19.0 Å². The van der Waals surface area contributed by atoms with Gasteiger partial charge in [0.05, 0.1) is 23.4 Å². The number of amides is 1. The van der Waals surface area contributed by atoms with Gasteiger partial charge in [-0.1, -0.05) is 36.4 Å². The van der Waals surface area contributed by atoms with E-state index >= 15 is 0 Å². The second-order valence-electron chi connectivity index (χ2n) is 7.39. The Hall–Kier alpha value is -4.24. The number of benzene rings is 3. The summed E-state index contributed by atoms with van der Waals surface area (Å²) < 4.78 is 17.9. The minimum Gasteiger partial charge on any atom is -0.497 e. The molecule has 0 radical (unpaired) electrons. The molecule has 3 aromatic carbocycles. The number of anilines is 2. The van der Waals surface area contributed by atoms with Crippen LogP contribution in [0.3, 0.4) is 0 Å². The first-order chi connectivity index (χ1) is 16.4. The molecule has 8 nitrogen and oxygen atoms in total. The molecule has 1 atom stereocenters. The van der Waals surface area contributed by atoms with E-state index in [2.05, 4.69) is 5.32 Å². The number of hydrogen-bond acceptors (Lipinski definition) is 7. The number of hydrogen-bond donors (Lipinski definition) is 4. The van der Waals surface area contributed by atoms with Crippen LogP contribution in [-0.2, 0) is 4.74 Å². The molecule has 1 aromatic heterocycles. The Morgan fingerprint density at radius 1 is 1.09 bits per heavy atom. The molecule has 4 rings (SSSR count). The Bertz CT molecular complexity index is 1320. The second kappa shape index (κ2) is 10.1. The van der Waals surface area contributed by atoms with E-state index in [4.69, 9.17) is 31.1 Å². The summed E-state index contributed by atoms with van der Waals surface area (Å²) in [6.07, 6.45) is -1.22. The Balaban J connectivity index is 1.52. The molecule has 0 aliphatic carbocycles. The molecule has 0 spiro atoms. The van der Waals surface area contributed by atoms with Gasteiger partial charge in [0.15, 0.2) is 6.10 Å². The summed E-state index contributed by atoms with van der Waals surface area (Å²) in [5.41, 5.74) is 13.3. The van der Waals surface area contributed by atoms with Crippen LogP contribution in [0.2, 0.25) is 0 Å². The summed E-state index contributed by atoms with van der Waals surface area (Å²) in [6.45, 7) is -0.0357. The molecule has 4 aromatic rings. The molecule has 0 saturated heterocycles. The van der Waals surface area contributed by atoms with Gasteiger partial charge >= 0.3 is 6.09 Å². The molecule has 0 fully saturated rings. The van der Waals surface area contributed by atoms with Gasteiger partial charge in [-0.15, -0.1) is 11.3 Å². The lowest BCUT2D eigenvalue weighted by atomic mass is 10.1. The topological polar surface area (TPSA) is 133 Å². The lowest BCUT2D eigenvalue weighted by Crippen LogP contribution is -2.21. The maximum atomic E-state index is 12.5. The van der Waals surface area contributed by atoms with Gasteiger partial charge < -0.3 is 25.7 Å². The monoisotopic (exact) mass is 476 g/mol. The van der Waals surface area contributed by atoms with Gasteiger partial charge in [0.2, 0.25) is 0 Å². The Morgan fingerprint density at radius 2 is 1.88 bits per heavy atom. The van der Waals surface area contributed by atoms with Crippen molar-refractivity contribution in [1.82, 2.24) is 0 Å². The third-order valence-electron chi connectivity index (χ3n) is 5.09. The number of thiophene rings is 1. The number of fused-ring (bicyclic) bond motifs is 1. The quantitative estimate of drug-likeness (QED) is 0.158. The van der Waals surface area contributed by atoms with Crippen LogP contribution in [0.1, 0.15) is 16.5 Å². The number of carbonyl (C=O) groups excluding carboxylic acids is 1. The van der Waals surface area contributed by atoms with E-state index in [0.717, 1.165) is 15.6 Å².